The minimum atomic E-state index is 0.452. The number of nitrogens with zero attached hydrogens (tertiary/aromatic N) is 1. The fraction of sp³-hybridized carbons (Fsp3) is 0.625. The number of hydrogen-bond acceptors (Lipinski definition) is 4. The lowest BCUT2D eigenvalue weighted by atomic mass is 9.85. The zero-order chi connectivity index (χ0) is 13.9. The van der Waals surface area contributed by atoms with E-state index in [1.54, 1.807) is 0 Å². The minimum Gasteiger partial charge on any atom is -0.486 e. The van der Waals surface area contributed by atoms with Gasteiger partial charge >= 0.3 is 0 Å². The molecule has 4 nitrogen and oxygen atoms in total. The van der Waals surface area contributed by atoms with Crippen LogP contribution in [0.15, 0.2) is 18.2 Å². The maximum atomic E-state index is 5.73. The summed E-state index contributed by atoms with van der Waals surface area (Å²) in [7, 11) is 4.34. The summed E-state index contributed by atoms with van der Waals surface area (Å²) >= 11 is 0. The predicted octanol–water partition coefficient (Wildman–Crippen LogP) is 2.06. The van der Waals surface area contributed by atoms with Crippen LogP contribution in [0.4, 0.5) is 0 Å². The van der Waals surface area contributed by atoms with Crippen LogP contribution in [0.2, 0.25) is 0 Å². The number of benzene rings is 1. The molecule has 1 atom stereocenters. The SMILES string of the molecule is CN(C)C(c1ccc2c(c1)OCCO2)C1CCNCC1. The molecule has 1 aromatic rings. The Bertz CT molecular complexity index is 456. The van der Waals surface area contributed by atoms with Gasteiger partial charge in [0.05, 0.1) is 0 Å². The summed E-state index contributed by atoms with van der Waals surface area (Å²) in [5.41, 5.74) is 1.34. The molecule has 0 saturated carbocycles. The molecule has 20 heavy (non-hydrogen) atoms. The zero-order valence-electron chi connectivity index (χ0n) is 12.4. The molecule has 1 saturated heterocycles. The number of piperidine rings is 1. The second-order valence-corrected chi connectivity index (χ2v) is 5.90. The van der Waals surface area contributed by atoms with Gasteiger partial charge in [-0.25, -0.2) is 0 Å². The molecule has 1 aromatic carbocycles. The highest BCUT2D eigenvalue weighted by Gasteiger charge is 2.27. The lowest BCUT2D eigenvalue weighted by molar-refractivity contribution is 0.165. The molecule has 0 aliphatic carbocycles. The highest BCUT2D eigenvalue weighted by atomic mass is 16.6. The second kappa shape index (κ2) is 6.02. The van der Waals surface area contributed by atoms with Gasteiger partial charge in [-0.05, 0) is 63.6 Å². The van der Waals surface area contributed by atoms with E-state index in [2.05, 4.69) is 42.5 Å². The maximum absolute atomic E-state index is 5.73. The predicted molar refractivity (Wildman–Crippen MR) is 79.5 cm³/mol. The Morgan fingerprint density at radius 2 is 1.80 bits per heavy atom. The first kappa shape index (κ1) is 13.7. The van der Waals surface area contributed by atoms with Crippen LogP contribution in [0.3, 0.4) is 0 Å². The molecule has 0 bridgehead atoms. The number of nitrogens with one attached hydrogen (secondary N) is 1. The summed E-state index contributed by atoms with van der Waals surface area (Å²) < 4.78 is 11.3. The number of ether oxygens (including phenoxy) is 2. The molecule has 110 valence electrons. The first-order valence-corrected chi connectivity index (χ1v) is 7.52. The zero-order valence-corrected chi connectivity index (χ0v) is 12.4. The highest BCUT2D eigenvalue weighted by molar-refractivity contribution is 5.44. The Morgan fingerprint density at radius 1 is 1.10 bits per heavy atom. The van der Waals surface area contributed by atoms with Gasteiger partial charge in [-0.2, -0.15) is 0 Å². The van der Waals surface area contributed by atoms with Gasteiger partial charge in [-0.3, -0.25) is 0 Å². The lowest BCUT2D eigenvalue weighted by Gasteiger charge is -2.36. The van der Waals surface area contributed by atoms with Crippen molar-refractivity contribution in [1.82, 2.24) is 10.2 Å². The molecule has 3 rings (SSSR count). The Hall–Kier alpha value is -1.26. The second-order valence-electron chi connectivity index (χ2n) is 5.90. The van der Waals surface area contributed by atoms with Crippen LogP contribution in [-0.2, 0) is 0 Å². The van der Waals surface area contributed by atoms with Crippen molar-refractivity contribution in [3.8, 4) is 11.5 Å². The molecule has 1 unspecified atom stereocenters. The van der Waals surface area contributed by atoms with E-state index in [0.29, 0.717) is 25.2 Å². The maximum Gasteiger partial charge on any atom is 0.161 e. The molecule has 2 heterocycles. The van der Waals surface area contributed by atoms with E-state index < -0.39 is 0 Å². The van der Waals surface area contributed by atoms with Crippen molar-refractivity contribution in [2.45, 2.75) is 18.9 Å². The monoisotopic (exact) mass is 276 g/mol. The van der Waals surface area contributed by atoms with Gasteiger partial charge in [0, 0.05) is 6.04 Å². The van der Waals surface area contributed by atoms with E-state index in [4.69, 9.17) is 9.47 Å². The van der Waals surface area contributed by atoms with E-state index >= 15 is 0 Å². The first-order chi connectivity index (χ1) is 9.75. The van der Waals surface area contributed by atoms with Gasteiger partial charge < -0.3 is 19.7 Å². The topological polar surface area (TPSA) is 33.7 Å². The molecule has 0 amide bonds. The van der Waals surface area contributed by atoms with Crippen LogP contribution in [0.25, 0.3) is 0 Å². The quantitative estimate of drug-likeness (QED) is 0.916. The van der Waals surface area contributed by atoms with Crippen molar-refractivity contribution in [3.05, 3.63) is 23.8 Å². The van der Waals surface area contributed by atoms with E-state index in [0.717, 1.165) is 24.6 Å². The average Bonchev–Trinajstić information content (AvgIpc) is 2.48. The van der Waals surface area contributed by atoms with Crippen LogP contribution in [0.5, 0.6) is 11.5 Å². The average molecular weight is 276 g/mol. The van der Waals surface area contributed by atoms with Crippen molar-refractivity contribution in [2.24, 2.45) is 5.92 Å². The summed E-state index contributed by atoms with van der Waals surface area (Å²) in [5.74, 6) is 2.48. The Morgan fingerprint density at radius 3 is 2.50 bits per heavy atom. The summed E-state index contributed by atoms with van der Waals surface area (Å²) in [4.78, 5) is 2.33. The van der Waals surface area contributed by atoms with E-state index in [1.807, 2.05) is 0 Å². The molecule has 4 heteroatoms. The molecule has 1 fully saturated rings. The first-order valence-electron chi connectivity index (χ1n) is 7.52. The molecule has 0 aromatic heterocycles. The van der Waals surface area contributed by atoms with Crippen molar-refractivity contribution in [2.75, 3.05) is 40.4 Å². The van der Waals surface area contributed by atoms with Crippen molar-refractivity contribution < 1.29 is 9.47 Å². The number of fused-ring (bicyclic) bond motifs is 1. The van der Waals surface area contributed by atoms with E-state index in [9.17, 15) is 0 Å². The van der Waals surface area contributed by atoms with Crippen LogP contribution < -0.4 is 14.8 Å². The van der Waals surface area contributed by atoms with Crippen molar-refractivity contribution in [3.63, 3.8) is 0 Å². The van der Waals surface area contributed by atoms with Gasteiger partial charge in [0.1, 0.15) is 13.2 Å². The molecule has 2 aliphatic heterocycles. The lowest BCUT2D eigenvalue weighted by Crippen LogP contribution is -2.36. The van der Waals surface area contributed by atoms with Crippen molar-refractivity contribution in [1.29, 1.82) is 0 Å². The number of rotatable bonds is 3. The molecule has 0 spiro atoms. The van der Waals surface area contributed by atoms with Gasteiger partial charge in [0.15, 0.2) is 11.5 Å². The molecule has 2 aliphatic rings. The minimum absolute atomic E-state index is 0.452. The van der Waals surface area contributed by atoms with Crippen molar-refractivity contribution >= 4 is 0 Å². The standard InChI is InChI=1S/C16H24N2O2/c1-18(2)16(12-5-7-17-8-6-12)13-3-4-14-15(11-13)20-10-9-19-14/h3-4,11-12,16-17H,5-10H2,1-2H3. The van der Waals surface area contributed by atoms with Gasteiger partial charge in [0.25, 0.3) is 0 Å². The van der Waals surface area contributed by atoms with Crippen LogP contribution in [0.1, 0.15) is 24.4 Å². The van der Waals surface area contributed by atoms with Gasteiger partial charge in [-0.1, -0.05) is 6.07 Å². The summed E-state index contributed by atoms with van der Waals surface area (Å²) in [6.07, 6.45) is 2.47. The third-order valence-electron chi connectivity index (χ3n) is 4.29. The normalized spacial score (nSPS) is 20.9. The largest absolute Gasteiger partial charge is 0.486 e. The third-order valence-corrected chi connectivity index (χ3v) is 4.29. The van der Waals surface area contributed by atoms with Crippen LogP contribution in [-0.4, -0.2) is 45.3 Å². The molecule has 0 radical (unpaired) electrons. The van der Waals surface area contributed by atoms with E-state index in [-0.39, 0.29) is 0 Å². The smallest absolute Gasteiger partial charge is 0.161 e. The van der Waals surface area contributed by atoms with Crippen LogP contribution in [0, 0.1) is 5.92 Å². The van der Waals surface area contributed by atoms with Crippen LogP contribution >= 0.6 is 0 Å². The Kier molecular flexibility index (Phi) is 4.13. The summed E-state index contributed by atoms with van der Waals surface area (Å²) in [6, 6.07) is 6.87. The summed E-state index contributed by atoms with van der Waals surface area (Å²) in [6.45, 7) is 3.55. The highest BCUT2D eigenvalue weighted by Crippen LogP contribution is 2.38. The summed E-state index contributed by atoms with van der Waals surface area (Å²) in [5, 5.41) is 3.45. The van der Waals surface area contributed by atoms with E-state index in [1.165, 1.54) is 18.4 Å². The van der Waals surface area contributed by atoms with Gasteiger partial charge in [-0.15, -0.1) is 0 Å². The Balaban J connectivity index is 1.86. The molecule has 1 N–H and O–H groups in total. The Labute approximate surface area is 121 Å². The molecular formula is C16H24N2O2. The fourth-order valence-corrected chi connectivity index (χ4v) is 3.40. The van der Waals surface area contributed by atoms with Gasteiger partial charge in [0.2, 0.25) is 0 Å². The third kappa shape index (κ3) is 2.76. The fourth-order valence-electron chi connectivity index (χ4n) is 3.40. The molecular weight excluding hydrogens is 252 g/mol. The number of hydrogen-bond donors (Lipinski definition) is 1.